The molecule has 3 heterocycles. The zero-order valence-corrected chi connectivity index (χ0v) is 19.0. The first-order valence-corrected chi connectivity index (χ1v) is 10.4. The van der Waals surface area contributed by atoms with Crippen LogP contribution in [0.15, 0.2) is 35.6 Å². The third-order valence-corrected chi connectivity index (χ3v) is 5.70. The average Bonchev–Trinajstić information content (AvgIpc) is 3.38. The van der Waals surface area contributed by atoms with E-state index in [1.165, 1.54) is 21.3 Å². The van der Waals surface area contributed by atoms with Crippen molar-refractivity contribution < 1.29 is 42.7 Å². The fourth-order valence-corrected chi connectivity index (χ4v) is 4.37. The summed E-state index contributed by atoms with van der Waals surface area (Å²) < 4.78 is 45.5. The molecule has 0 N–H and O–H groups in total. The van der Waals surface area contributed by atoms with Gasteiger partial charge in [-0.25, -0.2) is 4.79 Å². The van der Waals surface area contributed by atoms with E-state index in [9.17, 15) is 4.79 Å². The Balaban J connectivity index is 1.80. The second-order valence-electron chi connectivity index (χ2n) is 8.15. The molecule has 9 nitrogen and oxygen atoms in total. The molecule has 174 valence electrons. The van der Waals surface area contributed by atoms with Crippen LogP contribution in [0.3, 0.4) is 0 Å². The predicted octanol–water partition coefficient (Wildman–Crippen LogP) is 3.53. The van der Waals surface area contributed by atoms with Gasteiger partial charge in [0.1, 0.15) is 12.4 Å². The highest BCUT2D eigenvalue weighted by Gasteiger charge is 2.43. The zero-order valence-electron chi connectivity index (χ0n) is 19.0. The van der Waals surface area contributed by atoms with Crippen LogP contribution in [0.4, 0.5) is 0 Å². The summed E-state index contributed by atoms with van der Waals surface area (Å²) in [6.45, 7) is 3.66. The van der Waals surface area contributed by atoms with Crippen molar-refractivity contribution in [1.29, 1.82) is 0 Å². The summed E-state index contributed by atoms with van der Waals surface area (Å²) in [6.07, 6.45) is 0. The number of esters is 1. The van der Waals surface area contributed by atoms with Crippen LogP contribution in [0.2, 0.25) is 0 Å². The number of rotatable bonds is 4. The SMILES string of the molecule is COc1cc([C@@H]2C3=C(COC3=O)OC(C)(C)Oc3cc4c(cc32)OCO4)cc(OC)c1OC. The summed E-state index contributed by atoms with van der Waals surface area (Å²) in [5.74, 6) is 1.21. The molecule has 1 atom stereocenters. The largest absolute Gasteiger partial charge is 0.493 e. The highest BCUT2D eigenvalue weighted by molar-refractivity contribution is 5.94. The van der Waals surface area contributed by atoms with Gasteiger partial charge in [-0.1, -0.05) is 0 Å². The van der Waals surface area contributed by atoms with Gasteiger partial charge in [0, 0.05) is 31.4 Å². The van der Waals surface area contributed by atoms with E-state index in [0.717, 1.165) is 0 Å². The van der Waals surface area contributed by atoms with Crippen molar-refractivity contribution in [3.8, 4) is 34.5 Å². The van der Waals surface area contributed by atoms with E-state index < -0.39 is 17.7 Å². The highest BCUT2D eigenvalue weighted by atomic mass is 16.7. The van der Waals surface area contributed by atoms with Crippen LogP contribution < -0.4 is 28.4 Å². The number of carbonyl (C=O) groups is 1. The molecular formula is C24H24O9. The van der Waals surface area contributed by atoms with Gasteiger partial charge in [0.15, 0.2) is 28.8 Å². The van der Waals surface area contributed by atoms with E-state index in [1.54, 1.807) is 32.0 Å². The minimum absolute atomic E-state index is 0.0156. The summed E-state index contributed by atoms with van der Waals surface area (Å²) >= 11 is 0. The van der Waals surface area contributed by atoms with Gasteiger partial charge in [0.05, 0.1) is 26.9 Å². The third-order valence-electron chi connectivity index (χ3n) is 5.70. The number of cyclic esters (lactones) is 1. The third kappa shape index (κ3) is 3.44. The van der Waals surface area contributed by atoms with Crippen molar-refractivity contribution in [3.05, 3.63) is 46.7 Å². The number of ether oxygens (including phenoxy) is 8. The summed E-state index contributed by atoms with van der Waals surface area (Å²) in [7, 11) is 4.60. The van der Waals surface area contributed by atoms with Gasteiger partial charge in [0.25, 0.3) is 0 Å². The number of hydrogen-bond donors (Lipinski definition) is 0. The van der Waals surface area contributed by atoms with Gasteiger partial charge in [-0.15, -0.1) is 0 Å². The molecule has 0 unspecified atom stereocenters. The minimum Gasteiger partial charge on any atom is -0.493 e. The topological polar surface area (TPSA) is 90.9 Å². The monoisotopic (exact) mass is 456 g/mol. The second kappa shape index (κ2) is 7.68. The number of methoxy groups -OCH3 is 3. The quantitative estimate of drug-likeness (QED) is 0.641. The van der Waals surface area contributed by atoms with Crippen LogP contribution in [-0.4, -0.2) is 46.5 Å². The van der Waals surface area contributed by atoms with E-state index >= 15 is 0 Å². The first-order valence-electron chi connectivity index (χ1n) is 10.4. The Bertz CT molecular complexity index is 1140. The Morgan fingerprint density at radius 3 is 2.15 bits per heavy atom. The van der Waals surface area contributed by atoms with Gasteiger partial charge < -0.3 is 37.9 Å². The molecule has 3 aliphatic heterocycles. The van der Waals surface area contributed by atoms with Gasteiger partial charge in [0.2, 0.25) is 18.3 Å². The molecule has 0 bridgehead atoms. The number of benzene rings is 2. The molecule has 0 aliphatic carbocycles. The molecule has 5 rings (SSSR count). The Hall–Kier alpha value is -3.75. The lowest BCUT2D eigenvalue weighted by molar-refractivity contribution is -0.140. The molecule has 9 heteroatoms. The van der Waals surface area contributed by atoms with E-state index in [-0.39, 0.29) is 13.4 Å². The second-order valence-corrected chi connectivity index (χ2v) is 8.15. The molecule has 0 saturated heterocycles. The van der Waals surface area contributed by atoms with Gasteiger partial charge in [-0.05, 0) is 23.8 Å². The fraction of sp³-hybridized carbons (Fsp3) is 0.375. The van der Waals surface area contributed by atoms with E-state index in [0.29, 0.717) is 57.0 Å². The average molecular weight is 456 g/mol. The standard InChI is InChI=1S/C24H24O9/c1-24(2)32-14-9-16-15(30-11-31-16)8-13(14)20(21-19(33-24)10-29-23(21)25)12-6-17(26-3)22(28-5)18(7-12)27-4/h6-9,20H,10-11H2,1-5H3/t20-/m0/s1. The van der Waals surface area contributed by atoms with Crippen molar-refractivity contribution in [2.75, 3.05) is 34.7 Å². The predicted molar refractivity (Wildman–Crippen MR) is 114 cm³/mol. The fourth-order valence-electron chi connectivity index (χ4n) is 4.37. The molecule has 0 spiro atoms. The highest BCUT2D eigenvalue weighted by Crippen LogP contribution is 2.51. The van der Waals surface area contributed by atoms with Crippen LogP contribution in [0, 0.1) is 0 Å². The van der Waals surface area contributed by atoms with Crippen LogP contribution in [0.1, 0.15) is 30.9 Å². The number of carbonyl (C=O) groups excluding carboxylic acids is 1. The molecule has 2 aromatic carbocycles. The van der Waals surface area contributed by atoms with E-state index in [1.807, 2.05) is 6.07 Å². The lowest BCUT2D eigenvalue weighted by Gasteiger charge is -2.33. The lowest BCUT2D eigenvalue weighted by Crippen LogP contribution is -2.34. The molecule has 0 aromatic heterocycles. The van der Waals surface area contributed by atoms with Crippen molar-refractivity contribution in [1.82, 2.24) is 0 Å². The van der Waals surface area contributed by atoms with Crippen LogP contribution in [0.25, 0.3) is 0 Å². The Labute approximate surface area is 190 Å². The maximum atomic E-state index is 13.0. The molecule has 0 fully saturated rings. The Morgan fingerprint density at radius 1 is 0.848 bits per heavy atom. The van der Waals surface area contributed by atoms with Gasteiger partial charge >= 0.3 is 5.97 Å². The number of hydrogen-bond acceptors (Lipinski definition) is 9. The van der Waals surface area contributed by atoms with E-state index in [4.69, 9.17) is 37.9 Å². The first-order chi connectivity index (χ1) is 15.8. The Morgan fingerprint density at radius 2 is 1.52 bits per heavy atom. The summed E-state index contributed by atoms with van der Waals surface area (Å²) in [5.41, 5.74) is 1.76. The van der Waals surface area contributed by atoms with Crippen molar-refractivity contribution in [2.45, 2.75) is 25.6 Å². The van der Waals surface area contributed by atoms with Crippen molar-refractivity contribution in [2.24, 2.45) is 0 Å². The zero-order chi connectivity index (χ0) is 23.3. The molecule has 0 amide bonds. The van der Waals surface area contributed by atoms with Gasteiger partial charge in [-0.3, -0.25) is 0 Å². The molecule has 3 aliphatic rings. The lowest BCUT2D eigenvalue weighted by atomic mass is 9.83. The summed E-state index contributed by atoms with van der Waals surface area (Å²) in [5, 5.41) is 0. The molecular weight excluding hydrogens is 432 g/mol. The van der Waals surface area contributed by atoms with Crippen molar-refractivity contribution in [3.63, 3.8) is 0 Å². The summed E-state index contributed by atoms with van der Waals surface area (Å²) in [4.78, 5) is 13.0. The minimum atomic E-state index is -1.06. The molecule has 0 saturated carbocycles. The summed E-state index contributed by atoms with van der Waals surface area (Å²) in [6, 6.07) is 7.16. The number of fused-ring (bicyclic) bond motifs is 2. The maximum absolute atomic E-state index is 13.0. The first kappa shape index (κ1) is 21.1. The molecule has 33 heavy (non-hydrogen) atoms. The van der Waals surface area contributed by atoms with Gasteiger partial charge in [-0.2, -0.15) is 0 Å². The Kier molecular flexibility index (Phi) is 4.92. The molecule has 0 radical (unpaired) electrons. The normalized spacial score (nSPS) is 19.9. The van der Waals surface area contributed by atoms with E-state index in [2.05, 4.69) is 0 Å². The van der Waals surface area contributed by atoms with Crippen LogP contribution in [-0.2, 0) is 14.3 Å². The smallest absolute Gasteiger partial charge is 0.339 e. The van der Waals surface area contributed by atoms with Crippen molar-refractivity contribution >= 4 is 5.97 Å². The molecule has 2 aromatic rings. The van der Waals surface area contributed by atoms with Crippen LogP contribution in [0.5, 0.6) is 34.5 Å². The maximum Gasteiger partial charge on any atom is 0.339 e. The van der Waals surface area contributed by atoms with Crippen LogP contribution >= 0.6 is 0 Å².